The number of hydrogen-bond donors (Lipinski definition) is 0. The summed E-state index contributed by atoms with van der Waals surface area (Å²) in [7, 11) is -2.88. The first-order valence-electron chi connectivity index (χ1n) is 9.67. The zero-order valence-corrected chi connectivity index (χ0v) is 18.3. The summed E-state index contributed by atoms with van der Waals surface area (Å²) in [6.07, 6.45) is 4.18. The van der Waals surface area contributed by atoms with Crippen molar-refractivity contribution in [3.8, 4) is 10.4 Å². The highest BCUT2D eigenvalue weighted by Crippen LogP contribution is 2.33. The molecule has 1 unspecified atom stereocenters. The number of hydrogen-bond acceptors (Lipinski definition) is 5. The second-order valence-electron chi connectivity index (χ2n) is 7.43. The lowest BCUT2D eigenvalue weighted by Crippen LogP contribution is -2.52. The smallest absolute Gasteiger partial charge is 0.246 e. The van der Waals surface area contributed by atoms with E-state index in [4.69, 9.17) is 11.6 Å². The first kappa shape index (κ1) is 20.6. The molecule has 1 aromatic carbocycles. The summed E-state index contributed by atoms with van der Waals surface area (Å²) in [6, 6.07) is 11.8. The number of carbonyl (C=O) groups excluding carboxylic acids is 1. The Hall–Kier alpha value is -1.67. The van der Waals surface area contributed by atoms with Crippen molar-refractivity contribution in [2.75, 3.05) is 37.7 Å². The van der Waals surface area contributed by atoms with Crippen LogP contribution in [0.4, 0.5) is 0 Å². The third-order valence-corrected chi connectivity index (χ3v) is 8.67. The summed E-state index contributed by atoms with van der Waals surface area (Å²) in [5.74, 6) is 0.542. The maximum atomic E-state index is 12.5. The summed E-state index contributed by atoms with van der Waals surface area (Å²) in [6.45, 7) is 2.73. The Kier molecular flexibility index (Phi) is 6.11. The van der Waals surface area contributed by atoms with E-state index in [0.717, 1.165) is 28.4 Å². The summed E-state index contributed by atoms with van der Waals surface area (Å²) in [5, 5.41) is 0.717. The quantitative estimate of drug-likeness (QED) is 0.670. The summed E-state index contributed by atoms with van der Waals surface area (Å²) >= 11 is 7.86. The number of piperazine rings is 1. The van der Waals surface area contributed by atoms with Crippen molar-refractivity contribution in [3.05, 3.63) is 52.4 Å². The molecule has 0 aliphatic carbocycles. The zero-order chi connectivity index (χ0) is 20.4. The molecule has 1 amide bonds. The van der Waals surface area contributed by atoms with Crippen molar-refractivity contribution < 1.29 is 13.2 Å². The molecule has 0 saturated carbocycles. The first-order chi connectivity index (χ1) is 13.9. The Balaban J connectivity index is 1.32. The van der Waals surface area contributed by atoms with Crippen LogP contribution in [0.25, 0.3) is 16.5 Å². The van der Waals surface area contributed by atoms with Gasteiger partial charge in [-0.15, -0.1) is 11.3 Å². The molecule has 1 atom stereocenters. The van der Waals surface area contributed by atoms with Gasteiger partial charge in [-0.25, -0.2) is 8.42 Å². The van der Waals surface area contributed by atoms with E-state index in [9.17, 15) is 13.2 Å². The van der Waals surface area contributed by atoms with Crippen LogP contribution in [0.1, 0.15) is 11.3 Å². The fourth-order valence-electron chi connectivity index (χ4n) is 3.88. The predicted molar refractivity (Wildman–Crippen MR) is 119 cm³/mol. The maximum Gasteiger partial charge on any atom is 0.246 e. The minimum atomic E-state index is -2.88. The number of halogens is 1. The van der Waals surface area contributed by atoms with E-state index in [-0.39, 0.29) is 23.5 Å². The lowest BCUT2D eigenvalue weighted by Gasteiger charge is -2.37. The highest BCUT2D eigenvalue weighted by Gasteiger charge is 2.34. The molecule has 2 aliphatic rings. The monoisotopic (exact) mass is 450 g/mol. The average Bonchev–Trinajstić information content (AvgIpc) is 3.33. The van der Waals surface area contributed by atoms with E-state index < -0.39 is 9.84 Å². The number of sulfone groups is 1. The maximum absolute atomic E-state index is 12.5. The van der Waals surface area contributed by atoms with Crippen molar-refractivity contribution >= 4 is 44.8 Å². The third-order valence-electron chi connectivity index (χ3n) is 5.51. The lowest BCUT2D eigenvalue weighted by atomic mass is 10.2. The molecule has 0 N–H and O–H groups in total. The number of amides is 1. The van der Waals surface area contributed by atoms with Crippen LogP contribution in [0.5, 0.6) is 0 Å². The van der Waals surface area contributed by atoms with Gasteiger partial charge >= 0.3 is 0 Å². The Morgan fingerprint density at radius 1 is 1.10 bits per heavy atom. The van der Waals surface area contributed by atoms with E-state index >= 15 is 0 Å². The molecule has 0 bridgehead atoms. The molecule has 2 aliphatic heterocycles. The second-order valence-corrected chi connectivity index (χ2v) is 11.2. The molecule has 2 aromatic rings. The summed E-state index contributed by atoms with van der Waals surface area (Å²) < 4.78 is 23.4. The van der Waals surface area contributed by atoms with Crippen LogP contribution in [-0.2, 0) is 14.6 Å². The Labute approximate surface area is 180 Å². The summed E-state index contributed by atoms with van der Waals surface area (Å²) in [5.41, 5.74) is 0.996. The number of nitrogens with zero attached hydrogens (tertiary/aromatic N) is 2. The lowest BCUT2D eigenvalue weighted by molar-refractivity contribution is -0.127. The molecule has 29 heavy (non-hydrogen) atoms. The first-order valence-corrected chi connectivity index (χ1v) is 12.7. The topological polar surface area (TPSA) is 57.7 Å². The van der Waals surface area contributed by atoms with Crippen LogP contribution in [-0.4, -0.2) is 67.9 Å². The van der Waals surface area contributed by atoms with Crippen molar-refractivity contribution in [3.63, 3.8) is 0 Å². The van der Waals surface area contributed by atoms with Crippen molar-refractivity contribution in [2.45, 2.75) is 12.5 Å². The van der Waals surface area contributed by atoms with Gasteiger partial charge in [-0.2, -0.15) is 0 Å². The van der Waals surface area contributed by atoms with Gasteiger partial charge in [0.05, 0.1) is 11.5 Å². The molecule has 2 saturated heterocycles. The van der Waals surface area contributed by atoms with Gasteiger partial charge in [0.2, 0.25) is 5.91 Å². The molecular weight excluding hydrogens is 428 g/mol. The van der Waals surface area contributed by atoms with E-state index in [1.807, 2.05) is 47.4 Å². The van der Waals surface area contributed by atoms with Gasteiger partial charge in [-0.05, 0) is 30.7 Å². The van der Waals surface area contributed by atoms with Crippen molar-refractivity contribution in [1.82, 2.24) is 9.80 Å². The van der Waals surface area contributed by atoms with Gasteiger partial charge in [0.15, 0.2) is 9.84 Å². The molecule has 154 valence electrons. The van der Waals surface area contributed by atoms with Crippen LogP contribution >= 0.6 is 22.9 Å². The SMILES string of the molecule is O=C(C=Cc1ccc(-c2ccccc2Cl)s1)N1CCN(C2CCS(=O)(=O)C2)CC1. The molecule has 2 fully saturated rings. The summed E-state index contributed by atoms with van der Waals surface area (Å²) in [4.78, 5) is 18.7. The van der Waals surface area contributed by atoms with Crippen LogP contribution in [0, 0.1) is 0 Å². The molecule has 1 aromatic heterocycles. The van der Waals surface area contributed by atoms with Crippen molar-refractivity contribution in [2.24, 2.45) is 0 Å². The second kappa shape index (κ2) is 8.60. The molecule has 5 nitrogen and oxygen atoms in total. The van der Waals surface area contributed by atoms with Crippen LogP contribution in [0.3, 0.4) is 0 Å². The standard InChI is InChI=1S/C21H23ClN2O3S2/c22-19-4-2-1-3-18(19)20-7-5-17(28-20)6-8-21(25)24-12-10-23(11-13-24)16-9-14-29(26,27)15-16/h1-8,16H,9-15H2. The van der Waals surface area contributed by atoms with Gasteiger partial charge in [-0.1, -0.05) is 29.8 Å². The molecule has 0 radical (unpaired) electrons. The van der Waals surface area contributed by atoms with E-state index in [2.05, 4.69) is 4.90 Å². The molecule has 3 heterocycles. The fourth-order valence-corrected chi connectivity index (χ4v) is 6.88. The van der Waals surface area contributed by atoms with Crippen LogP contribution < -0.4 is 0 Å². The highest BCUT2D eigenvalue weighted by atomic mass is 35.5. The zero-order valence-electron chi connectivity index (χ0n) is 16.0. The minimum Gasteiger partial charge on any atom is -0.337 e. The van der Waals surface area contributed by atoms with Gasteiger partial charge in [-0.3, -0.25) is 9.69 Å². The van der Waals surface area contributed by atoms with Gasteiger partial charge < -0.3 is 4.90 Å². The largest absolute Gasteiger partial charge is 0.337 e. The molecule has 0 spiro atoms. The third kappa shape index (κ3) is 4.91. The minimum absolute atomic E-state index is 0.00335. The number of carbonyl (C=O) groups is 1. The Morgan fingerprint density at radius 2 is 1.86 bits per heavy atom. The number of rotatable bonds is 4. The Bertz CT molecular complexity index is 1020. The van der Waals surface area contributed by atoms with Gasteiger partial charge in [0.1, 0.15) is 0 Å². The normalized spacial score (nSPS) is 22.4. The van der Waals surface area contributed by atoms with E-state index in [0.29, 0.717) is 24.5 Å². The number of thiophene rings is 1. The van der Waals surface area contributed by atoms with Gasteiger partial charge in [0.25, 0.3) is 0 Å². The average molecular weight is 451 g/mol. The van der Waals surface area contributed by atoms with Gasteiger partial charge in [0, 0.05) is 58.6 Å². The van der Waals surface area contributed by atoms with Crippen molar-refractivity contribution in [1.29, 1.82) is 0 Å². The molecular formula is C21H23ClN2O3S2. The predicted octanol–water partition coefficient (Wildman–Crippen LogP) is 3.41. The molecule has 4 rings (SSSR count). The highest BCUT2D eigenvalue weighted by molar-refractivity contribution is 7.91. The number of benzene rings is 1. The Morgan fingerprint density at radius 3 is 2.55 bits per heavy atom. The fraction of sp³-hybridized carbons (Fsp3) is 0.381. The molecule has 8 heteroatoms. The van der Waals surface area contributed by atoms with E-state index in [1.165, 1.54) is 0 Å². The van der Waals surface area contributed by atoms with Crippen LogP contribution in [0.15, 0.2) is 42.5 Å². The van der Waals surface area contributed by atoms with Crippen LogP contribution in [0.2, 0.25) is 5.02 Å². The van der Waals surface area contributed by atoms with E-state index in [1.54, 1.807) is 17.4 Å².